The van der Waals surface area contributed by atoms with Gasteiger partial charge in [0.25, 0.3) is 0 Å². The summed E-state index contributed by atoms with van der Waals surface area (Å²) in [6, 6.07) is 20.5. The molecule has 2 nitrogen and oxygen atoms in total. The lowest BCUT2D eigenvalue weighted by Crippen LogP contribution is -2.29. The first-order chi connectivity index (χ1) is 15.3. The van der Waals surface area contributed by atoms with Gasteiger partial charge in [-0.25, -0.2) is 0 Å². The van der Waals surface area contributed by atoms with Crippen molar-refractivity contribution in [2.75, 3.05) is 13.1 Å². The number of aryl methyl sites for hydroxylation is 1. The van der Waals surface area contributed by atoms with E-state index in [-0.39, 0.29) is 0 Å². The molecule has 1 aliphatic carbocycles. The molecule has 156 valence electrons. The largest absolute Gasteiger partial charge is 0.299 e. The van der Waals surface area contributed by atoms with E-state index in [2.05, 4.69) is 66.4 Å². The summed E-state index contributed by atoms with van der Waals surface area (Å²) in [6.07, 6.45) is 8.68. The minimum atomic E-state index is 0.687. The molecule has 1 saturated heterocycles. The Morgan fingerprint density at radius 1 is 0.839 bits per heavy atom. The quantitative estimate of drug-likeness (QED) is 0.355. The molecule has 0 radical (unpaired) electrons. The Morgan fingerprint density at radius 2 is 1.65 bits per heavy atom. The van der Waals surface area contributed by atoms with Crippen LogP contribution in [0.1, 0.15) is 54.7 Å². The number of likely N-dealkylation sites (tertiary alicyclic amines) is 1. The van der Waals surface area contributed by atoms with Crippen LogP contribution >= 0.6 is 0 Å². The average molecular weight is 407 g/mol. The lowest BCUT2D eigenvalue weighted by molar-refractivity contribution is 0.221. The zero-order chi connectivity index (χ0) is 20.8. The Hall–Kier alpha value is -2.71. The molecule has 2 fully saturated rings. The second-order valence-electron chi connectivity index (χ2n) is 9.48. The average Bonchev–Trinajstić information content (AvgIpc) is 3.65. The van der Waals surface area contributed by atoms with Crippen LogP contribution in [0.25, 0.3) is 32.8 Å². The minimum absolute atomic E-state index is 0.687. The van der Waals surface area contributed by atoms with Crippen molar-refractivity contribution in [3.8, 4) is 11.1 Å². The molecule has 1 saturated carbocycles. The first-order valence-corrected chi connectivity index (χ1v) is 11.9. The fourth-order valence-corrected chi connectivity index (χ4v) is 5.49. The van der Waals surface area contributed by atoms with Crippen LogP contribution in [0.4, 0.5) is 0 Å². The number of nitrogens with zero attached hydrogens (tertiary/aromatic N) is 2. The molecule has 2 heteroatoms. The highest BCUT2D eigenvalue weighted by molar-refractivity contribution is 6.06. The molecule has 3 aromatic carbocycles. The minimum Gasteiger partial charge on any atom is -0.299 e. The highest BCUT2D eigenvalue weighted by Crippen LogP contribution is 2.48. The zero-order valence-corrected chi connectivity index (χ0v) is 18.4. The van der Waals surface area contributed by atoms with Crippen LogP contribution in [0.5, 0.6) is 0 Å². The SMILES string of the molecule is Cc1cccc2c(-c3c(C4CC4)ccc4c(CN5CCCCC5)ccnc34)cccc12. The van der Waals surface area contributed by atoms with Gasteiger partial charge in [-0.15, -0.1) is 0 Å². The van der Waals surface area contributed by atoms with Gasteiger partial charge in [0.15, 0.2) is 0 Å². The monoisotopic (exact) mass is 406 g/mol. The van der Waals surface area contributed by atoms with E-state index >= 15 is 0 Å². The summed E-state index contributed by atoms with van der Waals surface area (Å²) in [6.45, 7) is 5.70. The summed E-state index contributed by atoms with van der Waals surface area (Å²) in [5, 5.41) is 4.03. The van der Waals surface area contributed by atoms with Crippen molar-refractivity contribution < 1.29 is 0 Å². The van der Waals surface area contributed by atoms with Crippen LogP contribution in [0.15, 0.2) is 60.8 Å². The number of benzene rings is 3. The second-order valence-corrected chi connectivity index (χ2v) is 9.48. The summed E-state index contributed by atoms with van der Waals surface area (Å²) in [7, 11) is 0. The number of hydrogen-bond donors (Lipinski definition) is 0. The maximum absolute atomic E-state index is 4.99. The molecule has 0 spiro atoms. The van der Waals surface area contributed by atoms with Gasteiger partial charge in [-0.2, -0.15) is 0 Å². The standard InChI is InChI=1S/C29H30N2/c1-20-7-5-9-26-23(20)8-6-10-27(26)28-24(21-11-12-21)13-14-25-22(15-16-30-29(25)28)19-31-17-3-2-4-18-31/h5-10,13-16,21H,2-4,11-12,17-19H2,1H3. The zero-order valence-electron chi connectivity index (χ0n) is 18.4. The third-order valence-corrected chi connectivity index (χ3v) is 7.30. The predicted molar refractivity (Wildman–Crippen MR) is 131 cm³/mol. The van der Waals surface area contributed by atoms with Gasteiger partial charge < -0.3 is 0 Å². The molecule has 2 aliphatic rings. The Labute approximate surface area is 184 Å². The topological polar surface area (TPSA) is 16.1 Å². The molecule has 0 bridgehead atoms. The first kappa shape index (κ1) is 19.0. The summed E-state index contributed by atoms with van der Waals surface area (Å²) < 4.78 is 0. The van der Waals surface area contributed by atoms with Crippen LogP contribution in [-0.2, 0) is 6.54 Å². The van der Waals surface area contributed by atoms with Gasteiger partial charge in [0, 0.05) is 23.7 Å². The molecule has 2 heterocycles. The normalized spacial score (nSPS) is 17.5. The molecule has 1 aromatic heterocycles. The third-order valence-electron chi connectivity index (χ3n) is 7.30. The van der Waals surface area contributed by atoms with Crippen LogP contribution in [0.2, 0.25) is 0 Å². The van der Waals surface area contributed by atoms with E-state index in [1.165, 1.54) is 94.7 Å². The van der Waals surface area contributed by atoms with Gasteiger partial charge in [-0.1, -0.05) is 55.0 Å². The highest BCUT2D eigenvalue weighted by atomic mass is 15.1. The van der Waals surface area contributed by atoms with E-state index < -0.39 is 0 Å². The Balaban J connectivity index is 1.57. The van der Waals surface area contributed by atoms with Gasteiger partial charge in [-0.05, 0) is 90.7 Å². The van der Waals surface area contributed by atoms with Gasteiger partial charge >= 0.3 is 0 Å². The summed E-state index contributed by atoms with van der Waals surface area (Å²) in [4.78, 5) is 7.61. The van der Waals surface area contributed by atoms with Crippen LogP contribution < -0.4 is 0 Å². The van der Waals surface area contributed by atoms with E-state index in [0.29, 0.717) is 5.92 Å². The molecule has 1 aliphatic heterocycles. The fourth-order valence-electron chi connectivity index (χ4n) is 5.49. The number of hydrogen-bond acceptors (Lipinski definition) is 2. The van der Waals surface area contributed by atoms with E-state index in [0.717, 1.165) is 6.54 Å². The molecule has 4 aromatic rings. The lowest BCUT2D eigenvalue weighted by atomic mass is 9.89. The summed E-state index contributed by atoms with van der Waals surface area (Å²) in [5.74, 6) is 0.687. The van der Waals surface area contributed by atoms with Crippen molar-refractivity contribution in [3.05, 3.63) is 77.5 Å². The maximum Gasteiger partial charge on any atom is 0.0786 e. The van der Waals surface area contributed by atoms with Gasteiger partial charge in [0.2, 0.25) is 0 Å². The molecule has 0 N–H and O–H groups in total. The molecular formula is C29H30N2. The highest BCUT2D eigenvalue weighted by Gasteiger charge is 2.28. The molecule has 6 rings (SSSR count). The summed E-state index contributed by atoms with van der Waals surface area (Å²) >= 11 is 0. The van der Waals surface area contributed by atoms with Crippen LogP contribution in [-0.4, -0.2) is 23.0 Å². The number of piperidine rings is 1. The fraction of sp³-hybridized carbons (Fsp3) is 0.345. The lowest BCUT2D eigenvalue weighted by Gasteiger charge is -2.27. The van der Waals surface area contributed by atoms with Crippen LogP contribution in [0, 0.1) is 6.92 Å². The van der Waals surface area contributed by atoms with Crippen molar-refractivity contribution in [2.24, 2.45) is 0 Å². The Morgan fingerprint density at radius 3 is 2.48 bits per heavy atom. The van der Waals surface area contributed by atoms with E-state index in [1.54, 1.807) is 0 Å². The predicted octanol–water partition coefficient (Wildman–Crippen LogP) is 7.23. The number of rotatable bonds is 4. The summed E-state index contributed by atoms with van der Waals surface area (Å²) in [5.41, 5.74) is 8.16. The van der Waals surface area contributed by atoms with Crippen LogP contribution in [0.3, 0.4) is 0 Å². The van der Waals surface area contributed by atoms with Gasteiger partial charge in [-0.3, -0.25) is 9.88 Å². The van der Waals surface area contributed by atoms with Crippen molar-refractivity contribution in [1.29, 1.82) is 0 Å². The van der Waals surface area contributed by atoms with Crippen molar-refractivity contribution in [3.63, 3.8) is 0 Å². The van der Waals surface area contributed by atoms with Crippen molar-refractivity contribution in [2.45, 2.75) is 51.5 Å². The Bertz CT molecular complexity index is 1260. The van der Waals surface area contributed by atoms with Gasteiger partial charge in [0.1, 0.15) is 0 Å². The smallest absolute Gasteiger partial charge is 0.0786 e. The van der Waals surface area contributed by atoms with Gasteiger partial charge in [0.05, 0.1) is 5.52 Å². The molecule has 0 atom stereocenters. The Kier molecular flexibility index (Phi) is 4.76. The van der Waals surface area contributed by atoms with Crippen molar-refractivity contribution >= 4 is 21.7 Å². The van der Waals surface area contributed by atoms with Crippen molar-refractivity contribution in [1.82, 2.24) is 9.88 Å². The van der Waals surface area contributed by atoms with E-state index in [9.17, 15) is 0 Å². The molecule has 0 unspecified atom stereocenters. The third kappa shape index (κ3) is 3.43. The van der Waals surface area contributed by atoms with E-state index in [4.69, 9.17) is 4.98 Å². The number of aromatic nitrogens is 1. The van der Waals surface area contributed by atoms with E-state index in [1.807, 2.05) is 6.20 Å². The number of fused-ring (bicyclic) bond motifs is 2. The molecule has 31 heavy (non-hydrogen) atoms. The molecule has 0 amide bonds. The first-order valence-electron chi connectivity index (χ1n) is 11.9. The maximum atomic E-state index is 4.99. The second kappa shape index (κ2) is 7.76. The number of pyridine rings is 1. The molecular weight excluding hydrogens is 376 g/mol.